The number of rotatable bonds is 4. The van der Waals surface area contributed by atoms with Crippen LogP contribution in [-0.4, -0.2) is 42.0 Å². The molecule has 1 saturated carbocycles. The fourth-order valence-electron chi connectivity index (χ4n) is 3.64. The number of urea groups is 1. The molecular formula is C19H26FN3O2. The fraction of sp³-hybridized carbons (Fsp3) is 0.579. The van der Waals surface area contributed by atoms with Crippen molar-refractivity contribution < 1.29 is 14.0 Å². The van der Waals surface area contributed by atoms with Gasteiger partial charge < -0.3 is 15.5 Å². The van der Waals surface area contributed by atoms with E-state index in [1.54, 1.807) is 12.1 Å². The van der Waals surface area contributed by atoms with Crippen LogP contribution in [0.15, 0.2) is 24.3 Å². The van der Waals surface area contributed by atoms with Gasteiger partial charge in [0.15, 0.2) is 0 Å². The van der Waals surface area contributed by atoms with Gasteiger partial charge in [-0.25, -0.2) is 9.18 Å². The standard InChI is InChI=1S/C19H26FN3O2/c20-15-7-5-14(6-8-15)13-18(24)23-11-9-17(10-12-23)22-19(25)21-16-3-1-2-4-16/h5-8,16-17H,1-4,9-13H2,(H2,21,22,25). The van der Waals surface area contributed by atoms with E-state index < -0.39 is 0 Å². The Morgan fingerprint density at radius 2 is 1.52 bits per heavy atom. The molecule has 2 aliphatic rings. The SMILES string of the molecule is O=C(NC1CCCC1)NC1CCN(C(=O)Cc2ccc(F)cc2)CC1. The highest BCUT2D eigenvalue weighted by Gasteiger charge is 2.25. The van der Waals surface area contributed by atoms with E-state index in [9.17, 15) is 14.0 Å². The Hall–Kier alpha value is -2.11. The Kier molecular flexibility index (Phi) is 5.89. The first kappa shape index (κ1) is 17.7. The van der Waals surface area contributed by atoms with Crippen molar-refractivity contribution in [2.24, 2.45) is 0 Å². The van der Waals surface area contributed by atoms with Crippen LogP contribution in [0.5, 0.6) is 0 Å². The van der Waals surface area contributed by atoms with E-state index >= 15 is 0 Å². The van der Waals surface area contributed by atoms with Gasteiger partial charge in [-0.1, -0.05) is 25.0 Å². The molecule has 25 heavy (non-hydrogen) atoms. The van der Waals surface area contributed by atoms with Gasteiger partial charge in [-0.2, -0.15) is 0 Å². The first-order chi connectivity index (χ1) is 12.1. The third-order valence-electron chi connectivity index (χ3n) is 5.14. The van der Waals surface area contributed by atoms with E-state index in [1.165, 1.54) is 25.0 Å². The summed E-state index contributed by atoms with van der Waals surface area (Å²) in [6.07, 6.45) is 6.37. The first-order valence-corrected chi connectivity index (χ1v) is 9.19. The summed E-state index contributed by atoms with van der Waals surface area (Å²) < 4.78 is 12.9. The summed E-state index contributed by atoms with van der Waals surface area (Å²) in [5, 5.41) is 6.07. The number of nitrogens with zero attached hydrogens (tertiary/aromatic N) is 1. The molecule has 1 aromatic rings. The topological polar surface area (TPSA) is 61.4 Å². The molecule has 0 radical (unpaired) electrons. The number of likely N-dealkylation sites (tertiary alicyclic amines) is 1. The highest BCUT2D eigenvalue weighted by atomic mass is 19.1. The predicted octanol–water partition coefficient (Wildman–Crippen LogP) is 2.60. The lowest BCUT2D eigenvalue weighted by atomic mass is 10.0. The van der Waals surface area contributed by atoms with Crippen LogP contribution in [0.2, 0.25) is 0 Å². The second kappa shape index (κ2) is 8.32. The second-order valence-corrected chi connectivity index (χ2v) is 7.06. The first-order valence-electron chi connectivity index (χ1n) is 9.19. The van der Waals surface area contributed by atoms with Crippen LogP contribution in [0.3, 0.4) is 0 Å². The Labute approximate surface area is 148 Å². The number of hydrogen-bond donors (Lipinski definition) is 2. The number of benzene rings is 1. The van der Waals surface area contributed by atoms with Crippen molar-refractivity contribution >= 4 is 11.9 Å². The molecule has 2 N–H and O–H groups in total. The number of carbonyl (C=O) groups excluding carboxylic acids is 2. The molecule has 0 aromatic heterocycles. The predicted molar refractivity (Wildman–Crippen MR) is 93.6 cm³/mol. The number of amides is 3. The van der Waals surface area contributed by atoms with E-state index in [4.69, 9.17) is 0 Å². The van der Waals surface area contributed by atoms with E-state index in [2.05, 4.69) is 10.6 Å². The van der Waals surface area contributed by atoms with Crippen LogP contribution in [0.4, 0.5) is 9.18 Å². The normalized spacial score (nSPS) is 19.0. The zero-order valence-corrected chi connectivity index (χ0v) is 14.5. The van der Waals surface area contributed by atoms with Gasteiger partial charge in [0.25, 0.3) is 0 Å². The van der Waals surface area contributed by atoms with Crippen LogP contribution < -0.4 is 10.6 Å². The zero-order valence-electron chi connectivity index (χ0n) is 14.5. The molecule has 1 aliphatic heterocycles. The van der Waals surface area contributed by atoms with Crippen molar-refractivity contribution in [2.75, 3.05) is 13.1 Å². The van der Waals surface area contributed by atoms with Gasteiger partial charge in [0.1, 0.15) is 5.82 Å². The Morgan fingerprint density at radius 3 is 2.12 bits per heavy atom. The lowest BCUT2D eigenvalue weighted by Crippen LogP contribution is -2.50. The smallest absolute Gasteiger partial charge is 0.315 e. The summed E-state index contributed by atoms with van der Waals surface area (Å²) in [7, 11) is 0. The van der Waals surface area contributed by atoms with Gasteiger partial charge in [-0.3, -0.25) is 4.79 Å². The van der Waals surface area contributed by atoms with E-state index in [-0.39, 0.29) is 23.8 Å². The van der Waals surface area contributed by atoms with Crippen LogP contribution in [0.25, 0.3) is 0 Å². The van der Waals surface area contributed by atoms with Gasteiger partial charge >= 0.3 is 6.03 Å². The van der Waals surface area contributed by atoms with Crippen LogP contribution >= 0.6 is 0 Å². The molecular weight excluding hydrogens is 321 g/mol. The highest BCUT2D eigenvalue weighted by molar-refractivity contribution is 5.79. The van der Waals surface area contributed by atoms with Gasteiger partial charge in [-0.15, -0.1) is 0 Å². The second-order valence-electron chi connectivity index (χ2n) is 7.06. The van der Waals surface area contributed by atoms with Crippen molar-refractivity contribution in [3.8, 4) is 0 Å². The maximum absolute atomic E-state index is 12.9. The molecule has 6 heteroatoms. The molecule has 1 heterocycles. The van der Waals surface area contributed by atoms with Crippen molar-refractivity contribution in [3.05, 3.63) is 35.6 Å². The lowest BCUT2D eigenvalue weighted by molar-refractivity contribution is -0.131. The molecule has 3 amide bonds. The summed E-state index contributed by atoms with van der Waals surface area (Å²) in [5.74, 6) is -0.237. The fourth-order valence-corrected chi connectivity index (χ4v) is 3.64. The summed E-state index contributed by atoms with van der Waals surface area (Å²) in [5.41, 5.74) is 0.822. The van der Waals surface area contributed by atoms with Crippen molar-refractivity contribution in [1.29, 1.82) is 0 Å². The Bertz CT molecular complexity index is 591. The van der Waals surface area contributed by atoms with Gasteiger partial charge in [0.2, 0.25) is 5.91 Å². The molecule has 2 fully saturated rings. The van der Waals surface area contributed by atoms with Crippen molar-refractivity contribution in [1.82, 2.24) is 15.5 Å². The van der Waals surface area contributed by atoms with E-state index in [0.29, 0.717) is 25.6 Å². The summed E-state index contributed by atoms with van der Waals surface area (Å²) in [6, 6.07) is 6.41. The van der Waals surface area contributed by atoms with Crippen LogP contribution in [0, 0.1) is 5.82 Å². The monoisotopic (exact) mass is 347 g/mol. The number of nitrogens with one attached hydrogen (secondary N) is 2. The molecule has 0 spiro atoms. The number of halogens is 1. The number of hydrogen-bond acceptors (Lipinski definition) is 2. The van der Waals surface area contributed by atoms with Crippen molar-refractivity contribution in [3.63, 3.8) is 0 Å². The molecule has 1 aliphatic carbocycles. The third-order valence-corrected chi connectivity index (χ3v) is 5.14. The largest absolute Gasteiger partial charge is 0.342 e. The maximum atomic E-state index is 12.9. The summed E-state index contributed by atoms with van der Waals surface area (Å²) >= 11 is 0. The third kappa shape index (κ3) is 5.18. The summed E-state index contributed by atoms with van der Waals surface area (Å²) in [4.78, 5) is 26.2. The van der Waals surface area contributed by atoms with E-state index in [0.717, 1.165) is 31.2 Å². The minimum atomic E-state index is -0.293. The number of carbonyl (C=O) groups is 2. The average molecular weight is 347 g/mol. The molecule has 5 nitrogen and oxygen atoms in total. The Morgan fingerprint density at radius 1 is 0.960 bits per heavy atom. The molecule has 0 unspecified atom stereocenters. The van der Waals surface area contributed by atoms with Gasteiger partial charge in [-0.05, 0) is 43.4 Å². The maximum Gasteiger partial charge on any atom is 0.315 e. The molecule has 3 rings (SSSR count). The van der Waals surface area contributed by atoms with Crippen molar-refractivity contribution in [2.45, 2.75) is 57.0 Å². The van der Waals surface area contributed by atoms with Gasteiger partial charge in [0.05, 0.1) is 6.42 Å². The zero-order chi connectivity index (χ0) is 17.6. The molecule has 0 bridgehead atoms. The molecule has 1 saturated heterocycles. The highest BCUT2D eigenvalue weighted by Crippen LogP contribution is 2.18. The minimum Gasteiger partial charge on any atom is -0.342 e. The Balaban J connectivity index is 1.39. The molecule has 1 aromatic carbocycles. The molecule has 136 valence electrons. The molecule has 0 atom stereocenters. The van der Waals surface area contributed by atoms with Crippen LogP contribution in [-0.2, 0) is 11.2 Å². The lowest BCUT2D eigenvalue weighted by Gasteiger charge is -2.32. The summed E-state index contributed by atoms with van der Waals surface area (Å²) in [6.45, 7) is 1.29. The minimum absolute atomic E-state index is 0.0560. The van der Waals surface area contributed by atoms with E-state index in [1.807, 2.05) is 4.90 Å². The van der Waals surface area contributed by atoms with Gasteiger partial charge in [0, 0.05) is 25.2 Å². The number of piperidine rings is 1. The quantitative estimate of drug-likeness (QED) is 0.879. The van der Waals surface area contributed by atoms with Crippen LogP contribution in [0.1, 0.15) is 44.1 Å². The average Bonchev–Trinajstić information content (AvgIpc) is 3.10.